The maximum Gasteiger partial charge on any atom is 0.531 e. The first-order chi connectivity index (χ1) is 11.3. The lowest BCUT2D eigenvalue weighted by Gasteiger charge is -2.12. The Bertz CT molecular complexity index is 702. The molecule has 1 aromatic carbocycles. The minimum absolute atomic E-state index is 0.0467. The fourth-order valence-electron chi connectivity index (χ4n) is 2.29. The number of hydrogen-bond donors (Lipinski definition) is 1. The van der Waals surface area contributed by atoms with Gasteiger partial charge in [-0.3, -0.25) is 24.5 Å². The molecule has 1 aromatic rings. The van der Waals surface area contributed by atoms with Gasteiger partial charge < -0.3 is 9.84 Å². The van der Waals surface area contributed by atoms with Crippen LogP contribution in [-0.2, 0) is 25.6 Å². The molecular weight excluding hydrogens is 324 g/mol. The van der Waals surface area contributed by atoms with Crippen LogP contribution >= 0.6 is 0 Å². The molecule has 0 aromatic heterocycles. The third kappa shape index (κ3) is 3.84. The summed E-state index contributed by atoms with van der Waals surface area (Å²) >= 11 is 0. The second kappa shape index (κ2) is 7.04. The first kappa shape index (κ1) is 17.3. The van der Waals surface area contributed by atoms with Crippen molar-refractivity contribution in [2.75, 3.05) is 6.61 Å². The molecule has 1 N–H and O–H groups in total. The van der Waals surface area contributed by atoms with Gasteiger partial charge in [-0.15, -0.1) is 0 Å². The molecule has 1 fully saturated rings. The fraction of sp³-hybridized carbons (Fsp3) is 0.357. The molecule has 2 amide bonds. The lowest BCUT2D eigenvalue weighted by molar-refractivity contribution is -0.385. The lowest BCUT2D eigenvalue weighted by Crippen LogP contribution is -2.34. The van der Waals surface area contributed by atoms with Crippen molar-refractivity contribution in [1.29, 1.82) is 0 Å². The fourth-order valence-corrected chi connectivity index (χ4v) is 2.29. The zero-order chi connectivity index (χ0) is 17.9. The molecule has 0 saturated carbocycles. The van der Waals surface area contributed by atoms with Gasteiger partial charge in [0.15, 0.2) is 0 Å². The van der Waals surface area contributed by atoms with Crippen LogP contribution in [0.2, 0.25) is 0 Å². The number of benzene rings is 1. The van der Waals surface area contributed by atoms with Gasteiger partial charge in [0.05, 0.1) is 18.0 Å². The number of carbonyl (C=O) groups is 3. The van der Waals surface area contributed by atoms with Crippen molar-refractivity contribution in [3.63, 3.8) is 0 Å². The molecule has 1 aliphatic heterocycles. The predicted molar refractivity (Wildman–Crippen MR) is 76.9 cm³/mol. The molecule has 1 unspecified atom stereocenters. The largest absolute Gasteiger partial charge is 0.531 e. The lowest BCUT2D eigenvalue weighted by atomic mass is 10.1. The highest BCUT2D eigenvalue weighted by Crippen LogP contribution is 2.22. The van der Waals surface area contributed by atoms with Crippen LogP contribution in [0.15, 0.2) is 18.2 Å². The third-order valence-corrected chi connectivity index (χ3v) is 3.35. The summed E-state index contributed by atoms with van der Waals surface area (Å²) in [6, 6.07) is 4.64. The Morgan fingerprint density at radius 2 is 2.17 bits per heavy atom. The molecule has 1 saturated heterocycles. The van der Waals surface area contributed by atoms with Crippen molar-refractivity contribution in [2.24, 2.45) is 0 Å². The first-order valence-corrected chi connectivity index (χ1v) is 6.93. The Labute approximate surface area is 135 Å². The van der Waals surface area contributed by atoms with E-state index in [0.29, 0.717) is 5.56 Å². The van der Waals surface area contributed by atoms with Gasteiger partial charge in [-0.05, 0) is 13.0 Å². The second-order valence-corrected chi connectivity index (χ2v) is 5.09. The predicted octanol–water partition coefficient (Wildman–Crippen LogP) is 1.20. The van der Waals surface area contributed by atoms with Gasteiger partial charge >= 0.3 is 6.16 Å². The molecule has 1 aliphatic rings. The van der Waals surface area contributed by atoms with E-state index in [0.717, 1.165) is 5.56 Å². The number of hydroxylamine groups is 2. The third-order valence-electron chi connectivity index (χ3n) is 3.35. The van der Waals surface area contributed by atoms with Crippen molar-refractivity contribution in [2.45, 2.75) is 25.9 Å². The number of nitrogens with zero attached hydrogens (tertiary/aromatic N) is 2. The van der Waals surface area contributed by atoms with Crippen molar-refractivity contribution < 1.29 is 34.0 Å². The molecule has 1 atom stereocenters. The SMILES string of the molecule is Cc1ccc([N+](=O)[O-])c(CCOC2CC(=O)N(OC(=O)O)C2=O)c1. The number of rotatable bonds is 6. The summed E-state index contributed by atoms with van der Waals surface area (Å²) in [6.45, 7) is 1.74. The average molecular weight is 338 g/mol. The number of hydrogen-bond acceptors (Lipinski definition) is 7. The summed E-state index contributed by atoms with van der Waals surface area (Å²) in [6.07, 6.45) is -3.13. The molecule has 0 aliphatic carbocycles. The maximum atomic E-state index is 11.8. The second-order valence-electron chi connectivity index (χ2n) is 5.09. The molecule has 0 spiro atoms. The molecular formula is C14H14N2O8. The summed E-state index contributed by atoms with van der Waals surface area (Å²) in [4.78, 5) is 48.3. The van der Waals surface area contributed by atoms with Crippen LogP contribution in [-0.4, -0.2) is 45.8 Å². The van der Waals surface area contributed by atoms with E-state index < -0.39 is 29.0 Å². The van der Waals surface area contributed by atoms with Gasteiger partial charge in [0.2, 0.25) is 0 Å². The van der Waals surface area contributed by atoms with E-state index in [1.807, 2.05) is 0 Å². The number of imide groups is 1. The molecule has 1 heterocycles. The van der Waals surface area contributed by atoms with Crippen LogP contribution in [0.4, 0.5) is 10.5 Å². The Hall–Kier alpha value is -3.01. The first-order valence-electron chi connectivity index (χ1n) is 6.93. The topological polar surface area (TPSA) is 136 Å². The smallest absolute Gasteiger partial charge is 0.448 e. The molecule has 24 heavy (non-hydrogen) atoms. The Balaban J connectivity index is 1.97. The van der Waals surface area contributed by atoms with Crippen LogP contribution in [0.1, 0.15) is 17.5 Å². The monoisotopic (exact) mass is 338 g/mol. The van der Waals surface area contributed by atoms with E-state index in [-0.39, 0.29) is 30.2 Å². The number of ether oxygens (including phenoxy) is 1. The van der Waals surface area contributed by atoms with E-state index in [1.165, 1.54) is 6.07 Å². The highest BCUT2D eigenvalue weighted by atomic mass is 16.8. The van der Waals surface area contributed by atoms with E-state index in [2.05, 4.69) is 4.84 Å². The van der Waals surface area contributed by atoms with Gasteiger partial charge in [-0.2, -0.15) is 0 Å². The molecule has 10 heteroatoms. The number of nitro benzene ring substituents is 1. The van der Waals surface area contributed by atoms with E-state index in [4.69, 9.17) is 9.84 Å². The zero-order valence-corrected chi connectivity index (χ0v) is 12.6. The average Bonchev–Trinajstić information content (AvgIpc) is 2.74. The van der Waals surface area contributed by atoms with Crippen molar-refractivity contribution in [3.8, 4) is 0 Å². The summed E-state index contributed by atoms with van der Waals surface area (Å²) in [7, 11) is 0. The summed E-state index contributed by atoms with van der Waals surface area (Å²) in [5.41, 5.74) is 1.22. The van der Waals surface area contributed by atoms with E-state index in [1.54, 1.807) is 19.1 Å². The maximum absolute atomic E-state index is 11.8. The quantitative estimate of drug-likeness (QED) is 0.464. The highest BCUT2D eigenvalue weighted by molar-refractivity contribution is 6.04. The van der Waals surface area contributed by atoms with Gasteiger partial charge in [0, 0.05) is 18.1 Å². The van der Waals surface area contributed by atoms with Gasteiger partial charge in [-0.25, -0.2) is 4.79 Å². The van der Waals surface area contributed by atoms with Crippen LogP contribution in [0.25, 0.3) is 0 Å². The van der Waals surface area contributed by atoms with Crippen LogP contribution in [0, 0.1) is 17.0 Å². The standard InChI is InChI=1S/C14H14N2O8/c1-8-2-3-10(16(21)22)9(6-8)4-5-23-11-7-12(17)15(13(11)18)24-14(19)20/h2-3,6,11H,4-5,7H2,1H3,(H,19,20). The van der Waals surface area contributed by atoms with Crippen LogP contribution in [0.5, 0.6) is 0 Å². The number of carboxylic acid groups (broad SMARTS) is 1. The van der Waals surface area contributed by atoms with E-state index >= 15 is 0 Å². The minimum atomic E-state index is -1.78. The number of carbonyl (C=O) groups excluding carboxylic acids is 2. The molecule has 2 rings (SSSR count). The molecule has 0 radical (unpaired) electrons. The Morgan fingerprint density at radius 3 is 2.79 bits per heavy atom. The zero-order valence-electron chi connectivity index (χ0n) is 12.6. The number of amides is 2. The van der Waals surface area contributed by atoms with Crippen molar-refractivity contribution in [1.82, 2.24) is 5.06 Å². The number of aryl methyl sites for hydroxylation is 1. The molecule has 10 nitrogen and oxygen atoms in total. The highest BCUT2D eigenvalue weighted by Gasteiger charge is 2.42. The van der Waals surface area contributed by atoms with Crippen molar-refractivity contribution in [3.05, 3.63) is 39.4 Å². The summed E-state index contributed by atoms with van der Waals surface area (Å²) in [5, 5.41) is 19.6. The summed E-state index contributed by atoms with van der Waals surface area (Å²) in [5.74, 6) is -1.74. The number of nitro groups is 1. The van der Waals surface area contributed by atoms with Gasteiger partial charge in [-0.1, -0.05) is 16.7 Å². The van der Waals surface area contributed by atoms with Crippen LogP contribution < -0.4 is 0 Å². The van der Waals surface area contributed by atoms with Gasteiger partial charge in [0.1, 0.15) is 6.10 Å². The van der Waals surface area contributed by atoms with Gasteiger partial charge in [0.25, 0.3) is 17.5 Å². The van der Waals surface area contributed by atoms with E-state index in [9.17, 15) is 24.5 Å². The van der Waals surface area contributed by atoms with Crippen molar-refractivity contribution >= 4 is 23.7 Å². The molecule has 128 valence electrons. The normalized spacial score (nSPS) is 17.2. The Morgan fingerprint density at radius 1 is 1.46 bits per heavy atom. The Kier molecular flexibility index (Phi) is 5.09. The molecule has 0 bridgehead atoms. The summed E-state index contributed by atoms with van der Waals surface area (Å²) < 4.78 is 5.27. The minimum Gasteiger partial charge on any atom is -0.448 e. The van der Waals surface area contributed by atoms with Crippen LogP contribution in [0.3, 0.4) is 0 Å².